The molecule has 1 aromatic rings. The molecule has 1 heterocycles. The van der Waals surface area contributed by atoms with Crippen molar-refractivity contribution in [1.29, 1.82) is 0 Å². The van der Waals surface area contributed by atoms with Gasteiger partial charge in [0, 0.05) is 6.07 Å². The first kappa shape index (κ1) is 14.0. The molecule has 1 aromatic carbocycles. The van der Waals surface area contributed by atoms with Crippen LogP contribution in [0.5, 0.6) is 17.2 Å². The molecule has 1 saturated carbocycles. The summed E-state index contributed by atoms with van der Waals surface area (Å²) >= 11 is 0. The minimum absolute atomic E-state index is 0.0870. The highest BCUT2D eigenvalue weighted by Crippen LogP contribution is 2.37. The van der Waals surface area contributed by atoms with E-state index < -0.39 is 11.4 Å². The number of amides is 1. The van der Waals surface area contributed by atoms with Gasteiger partial charge in [-0.1, -0.05) is 6.42 Å². The van der Waals surface area contributed by atoms with Crippen molar-refractivity contribution in [3.8, 4) is 17.2 Å². The van der Waals surface area contributed by atoms with E-state index in [1.54, 1.807) is 6.07 Å². The molecular formula is C15H20N2O4. The fourth-order valence-electron chi connectivity index (χ4n) is 3.11. The Morgan fingerprint density at radius 1 is 1.38 bits per heavy atom. The van der Waals surface area contributed by atoms with Gasteiger partial charge < -0.3 is 25.7 Å². The number of fused-ring (bicyclic) bond motifs is 1. The summed E-state index contributed by atoms with van der Waals surface area (Å²) in [5.41, 5.74) is 10.7. The number of nitrogens with two attached hydrogens (primary N) is 2. The van der Waals surface area contributed by atoms with E-state index in [0.717, 1.165) is 24.3 Å². The van der Waals surface area contributed by atoms with Crippen LogP contribution in [0, 0.1) is 5.92 Å². The number of benzene rings is 1. The minimum atomic E-state index is -0.877. The van der Waals surface area contributed by atoms with Crippen LogP contribution in [0.3, 0.4) is 0 Å². The fraction of sp³-hybridized carbons (Fsp3) is 0.533. The van der Waals surface area contributed by atoms with Crippen molar-refractivity contribution >= 4 is 5.91 Å². The zero-order chi connectivity index (χ0) is 14.9. The van der Waals surface area contributed by atoms with Crippen LogP contribution >= 0.6 is 0 Å². The van der Waals surface area contributed by atoms with E-state index in [1.165, 1.54) is 0 Å². The second-order valence-electron chi connectivity index (χ2n) is 5.65. The number of ether oxygens (including phenoxy) is 3. The molecule has 0 saturated heterocycles. The summed E-state index contributed by atoms with van der Waals surface area (Å²) in [6.45, 7) is 0.742. The average Bonchev–Trinajstić information content (AvgIpc) is 3.06. The van der Waals surface area contributed by atoms with E-state index in [9.17, 15) is 4.79 Å². The van der Waals surface area contributed by atoms with E-state index in [1.807, 2.05) is 12.1 Å². The van der Waals surface area contributed by atoms with Crippen LogP contribution in [0.25, 0.3) is 0 Å². The number of carbonyl (C=O) groups excluding carboxylic acids is 1. The van der Waals surface area contributed by atoms with E-state index in [4.69, 9.17) is 25.7 Å². The molecule has 4 N–H and O–H groups in total. The zero-order valence-electron chi connectivity index (χ0n) is 11.8. The van der Waals surface area contributed by atoms with Gasteiger partial charge in [-0.05, 0) is 37.3 Å². The molecule has 0 spiro atoms. The van der Waals surface area contributed by atoms with Gasteiger partial charge in [-0.2, -0.15) is 0 Å². The van der Waals surface area contributed by atoms with Crippen molar-refractivity contribution in [2.24, 2.45) is 17.4 Å². The van der Waals surface area contributed by atoms with Gasteiger partial charge in [-0.3, -0.25) is 4.79 Å². The van der Waals surface area contributed by atoms with Gasteiger partial charge in [0.2, 0.25) is 12.7 Å². The smallest absolute Gasteiger partial charge is 0.237 e. The van der Waals surface area contributed by atoms with Gasteiger partial charge >= 0.3 is 0 Å². The predicted octanol–water partition coefficient (Wildman–Crippen LogP) is 1.17. The first-order chi connectivity index (χ1) is 10.1. The molecule has 2 unspecified atom stereocenters. The third-order valence-corrected chi connectivity index (χ3v) is 4.41. The van der Waals surface area contributed by atoms with E-state index in [0.29, 0.717) is 25.2 Å². The van der Waals surface area contributed by atoms with Crippen LogP contribution in [-0.4, -0.2) is 24.8 Å². The Balaban J connectivity index is 1.55. The van der Waals surface area contributed by atoms with Crippen molar-refractivity contribution in [3.05, 3.63) is 18.2 Å². The van der Waals surface area contributed by atoms with Gasteiger partial charge in [0.05, 0.1) is 12.1 Å². The van der Waals surface area contributed by atoms with Gasteiger partial charge in [0.15, 0.2) is 11.5 Å². The van der Waals surface area contributed by atoms with Crippen LogP contribution in [0.1, 0.15) is 25.7 Å². The van der Waals surface area contributed by atoms with Crippen LogP contribution in [-0.2, 0) is 4.79 Å². The summed E-state index contributed by atoms with van der Waals surface area (Å²) < 4.78 is 16.3. The highest BCUT2D eigenvalue weighted by Gasteiger charge is 2.43. The predicted molar refractivity (Wildman–Crippen MR) is 76.1 cm³/mol. The van der Waals surface area contributed by atoms with Crippen LogP contribution in [0.2, 0.25) is 0 Å². The summed E-state index contributed by atoms with van der Waals surface area (Å²) in [6, 6.07) is 5.47. The number of hydrogen-bond acceptors (Lipinski definition) is 5. The van der Waals surface area contributed by atoms with Gasteiger partial charge in [-0.15, -0.1) is 0 Å². The summed E-state index contributed by atoms with van der Waals surface area (Å²) in [5.74, 6) is 1.82. The fourth-order valence-corrected chi connectivity index (χ4v) is 3.11. The molecule has 3 rings (SSSR count). The molecule has 21 heavy (non-hydrogen) atoms. The molecule has 0 bridgehead atoms. The summed E-state index contributed by atoms with van der Waals surface area (Å²) in [6.07, 6.45) is 3.24. The Bertz CT molecular complexity index is 548. The van der Waals surface area contributed by atoms with Crippen LogP contribution in [0.4, 0.5) is 0 Å². The zero-order valence-corrected chi connectivity index (χ0v) is 11.8. The Kier molecular flexibility index (Phi) is 3.63. The normalized spacial score (nSPS) is 26.8. The molecule has 1 fully saturated rings. The second-order valence-corrected chi connectivity index (χ2v) is 5.65. The Hall–Kier alpha value is -1.95. The maximum absolute atomic E-state index is 11.5. The SMILES string of the molecule is NC(=O)C1(N)CCCC1CCOc1ccc2c(c1)OCO2. The number of rotatable bonds is 5. The molecule has 0 radical (unpaired) electrons. The minimum Gasteiger partial charge on any atom is -0.493 e. The maximum atomic E-state index is 11.5. The Morgan fingerprint density at radius 2 is 2.19 bits per heavy atom. The van der Waals surface area contributed by atoms with Gasteiger partial charge in [-0.25, -0.2) is 0 Å². The molecule has 1 aliphatic carbocycles. The lowest BCUT2D eigenvalue weighted by Crippen LogP contribution is -2.54. The van der Waals surface area contributed by atoms with Crippen molar-refractivity contribution in [3.63, 3.8) is 0 Å². The molecule has 2 aliphatic rings. The first-order valence-corrected chi connectivity index (χ1v) is 7.21. The Morgan fingerprint density at radius 3 is 3.00 bits per heavy atom. The van der Waals surface area contributed by atoms with Crippen molar-refractivity contribution in [2.75, 3.05) is 13.4 Å². The topological polar surface area (TPSA) is 96.8 Å². The highest BCUT2D eigenvalue weighted by atomic mass is 16.7. The Labute approximate surface area is 123 Å². The number of carbonyl (C=O) groups is 1. The molecule has 1 aliphatic heterocycles. The quantitative estimate of drug-likeness (QED) is 0.849. The van der Waals surface area contributed by atoms with Crippen molar-refractivity contribution in [2.45, 2.75) is 31.2 Å². The molecule has 2 atom stereocenters. The third kappa shape index (κ3) is 2.63. The van der Waals surface area contributed by atoms with Crippen LogP contribution < -0.4 is 25.7 Å². The van der Waals surface area contributed by atoms with Gasteiger partial charge in [0.1, 0.15) is 5.75 Å². The largest absolute Gasteiger partial charge is 0.493 e. The van der Waals surface area contributed by atoms with E-state index in [2.05, 4.69) is 0 Å². The summed E-state index contributed by atoms with van der Waals surface area (Å²) in [7, 11) is 0. The highest BCUT2D eigenvalue weighted by molar-refractivity contribution is 5.85. The molecule has 114 valence electrons. The second kappa shape index (κ2) is 5.44. The average molecular weight is 292 g/mol. The summed E-state index contributed by atoms with van der Waals surface area (Å²) in [5, 5.41) is 0. The number of primary amides is 1. The number of hydrogen-bond donors (Lipinski definition) is 2. The standard InChI is InChI=1S/C15H20N2O4/c16-14(18)15(17)6-1-2-10(15)5-7-19-11-3-4-12-13(8-11)21-9-20-12/h3-4,8,10H,1-2,5-7,9,17H2,(H2,16,18). The first-order valence-electron chi connectivity index (χ1n) is 7.21. The molecule has 6 heteroatoms. The molecule has 6 nitrogen and oxygen atoms in total. The summed E-state index contributed by atoms with van der Waals surface area (Å²) in [4.78, 5) is 11.5. The van der Waals surface area contributed by atoms with Gasteiger partial charge in [0.25, 0.3) is 0 Å². The monoisotopic (exact) mass is 292 g/mol. The lowest BCUT2D eigenvalue weighted by molar-refractivity contribution is -0.124. The van der Waals surface area contributed by atoms with E-state index in [-0.39, 0.29) is 12.7 Å². The maximum Gasteiger partial charge on any atom is 0.237 e. The molecule has 0 aromatic heterocycles. The lowest BCUT2D eigenvalue weighted by atomic mass is 9.85. The molecule has 1 amide bonds. The van der Waals surface area contributed by atoms with E-state index >= 15 is 0 Å². The van der Waals surface area contributed by atoms with Crippen LogP contribution in [0.15, 0.2) is 18.2 Å². The van der Waals surface area contributed by atoms with Crippen molar-refractivity contribution in [1.82, 2.24) is 0 Å². The lowest BCUT2D eigenvalue weighted by Gasteiger charge is -2.27. The third-order valence-electron chi connectivity index (χ3n) is 4.41. The molecular weight excluding hydrogens is 272 g/mol. The van der Waals surface area contributed by atoms with Crippen molar-refractivity contribution < 1.29 is 19.0 Å².